The number of rotatable bonds is 8. The first-order valence-electron chi connectivity index (χ1n) is 10.2. The van der Waals surface area contributed by atoms with E-state index in [9.17, 15) is 4.79 Å². The van der Waals surface area contributed by atoms with Crippen molar-refractivity contribution in [3.8, 4) is 23.0 Å². The molecule has 3 aromatic carbocycles. The first-order valence-corrected chi connectivity index (χ1v) is 11.0. The largest absolute Gasteiger partial charge is 0.481 e. The highest BCUT2D eigenvalue weighted by atomic mass is 32.2. The summed E-state index contributed by atoms with van der Waals surface area (Å²) >= 11 is 1.32. The SMILES string of the molecule is COc1cc(Sc2cccc(-c3ccccc3)c2C(=O)OCc2ccccc2)nc(OC)n1. The van der Waals surface area contributed by atoms with Gasteiger partial charge >= 0.3 is 12.0 Å². The van der Waals surface area contributed by atoms with Crippen molar-refractivity contribution in [2.24, 2.45) is 0 Å². The molecular weight excluding hydrogens is 436 g/mol. The standard InChI is InChI=1S/C26H22N2O4S/c1-30-22-16-23(28-26(27-22)31-2)33-21-15-9-14-20(19-12-7-4-8-13-19)24(21)25(29)32-17-18-10-5-3-6-11-18/h3-16H,17H2,1-2H3. The Morgan fingerprint density at radius 2 is 1.58 bits per heavy atom. The van der Waals surface area contributed by atoms with E-state index >= 15 is 0 Å². The molecule has 1 heterocycles. The smallest absolute Gasteiger partial charge is 0.340 e. The second kappa shape index (κ2) is 10.7. The van der Waals surface area contributed by atoms with E-state index in [1.807, 2.05) is 78.9 Å². The number of esters is 1. The maximum atomic E-state index is 13.4. The second-order valence-corrected chi connectivity index (χ2v) is 8.01. The molecule has 0 aliphatic carbocycles. The topological polar surface area (TPSA) is 70.5 Å². The zero-order valence-corrected chi connectivity index (χ0v) is 19.0. The highest BCUT2D eigenvalue weighted by Crippen LogP contribution is 2.37. The number of carbonyl (C=O) groups is 1. The molecule has 0 saturated carbocycles. The van der Waals surface area contributed by atoms with Crippen molar-refractivity contribution < 1.29 is 19.0 Å². The summed E-state index contributed by atoms with van der Waals surface area (Å²) in [5.41, 5.74) is 3.10. The Labute approximate surface area is 196 Å². The van der Waals surface area contributed by atoms with Crippen LogP contribution in [0.25, 0.3) is 11.1 Å². The van der Waals surface area contributed by atoms with E-state index in [-0.39, 0.29) is 12.6 Å². The van der Waals surface area contributed by atoms with E-state index in [1.165, 1.54) is 26.0 Å². The number of ether oxygens (including phenoxy) is 3. The van der Waals surface area contributed by atoms with Crippen LogP contribution < -0.4 is 9.47 Å². The van der Waals surface area contributed by atoms with Crippen molar-refractivity contribution in [1.29, 1.82) is 0 Å². The van der Waals surface area contributed by atoms with E-state index in [1.54, 1.807) is 6.07 Å². The van der Waals surface area contributed by atoms with Crippen molar-refractivity contribution in [1.82, 2.24) is 9.97 Å². The fourth-order valence-corrected chi connectivity index (χ4v) is 4.18. The first-order chi connectivity index (χ1) is 16.2. The molecule has 7 heteroatoms. The summed E-state index contributed by atoms with van der Waals surface area (Å²) in [7, 11) is 3.02. The minimum atomic E-state index is -0.409. The Kier molecular flexibility index (Phi) is 7.22. The summed E-state index contributed by atoms with van der Waals surface area (Å²) in [5, 5.41) is 0.584. The van der Waals surface area contributed by atoms with Gasteiger partial charge in [0.1, 0.15) is 11.6 Å². The molecule has 6 nitrogen and oxygen atoms in total. The lowest BCUT2D eigenvalue weighted by Crippen LogP contribution is -2.09. The van der Waals surface area contributed by atoms with Gasteiger partial charge < -0.3 is 14.2 Å². The Bertz CT molecular complexity index is 1210. The molecule has 1 aromatic heterocycles. The number of methoxy groups -OCH3 is 2. The summed E-state index contributed by atoms with van der Waals surface area (Å²) in [6.07, 6.45) is 0. The molecule has 4 rings (SSSR count). The summed E-state index contributed by atoms with van der Waals surface area (Å²) in [5.74, 6) is -0.0365. The van der Waals surface area contributed by atoms with Gasteiger partial charge in [-0.1, -0.05) is 84.6 Å². The fourth-order valence-electron chi connectivity index (χ4n) is 3.22. The number of hydrogen-bond acceptors (Lipinski definition) is 7. The molecule has 0 spiro atoms. The van der Waals surface area contributed by atoms with E-state index in [2.05, 4.69) is 9.97 Å². The zero-order valence-electron chi connectivity index (χ0n) is 18.2. The van der Waals surface area contributed by atoms with Gasteiger partial charge in [0.2, 0.25) is 5.88 Å². The van der Waals surface area contributed by atoms with Gasteiger partial charge in [0.15, 0.2) is 0 Å². The molecule has 0 aliphatic heterocycles. The Morgan fingerprint density at radius 3 is 2.27 bits per heavy atom. The van der Waals surface area contributed by atoms with Gasteiger partial charge in [-0.3, -0.25) is 0 Å². The van der Waals surface area contributed by atoms with Gasteiger partial charge in [0.05, 0.1) is 19.8 Å². The Morgan fingerprint density at radius 1 is 0.848 bits per heavy atom. The molecule has 0 fully saturated rings. The van der Waals surface area contributed by atoms with Gasteiger partial charge in [0.25, 0.3) is 0 Å². The van der Waals surface area contributed by atoms with Crippen molar-refractivity contribution in [3.05, 3.63) is 96.1 Å². The fraction of sp³-hybridized carbons (Fsp3) is 0.115. The van der Waals surface area contributed by atoms with Crippen molar-refractivity contribution in [3.63, 3.8) is 0 Å². The van der Waals surface area contributed by atoms with Gasteiger partial charge in [-0.15, -0.1) is 0 Å². The highest BCUT2D eigenvalue weighted by molar-refractivity contribution is 7.99. The Balaban J connectivity index is 1.73. The van der Waals surface area contributed by atoms with Crippen LogP contribution >= 0.6 is 11.8 Å². The molecule has 0 unspecified atom stereocenters. The zero-order chi connectivity index (χ0) is 23.0. The average Bonchev–Trinajstić information content (AvgIpc) is 2.88. The molecule has 0 N–H and O–H groups in total. The molecule has 4 aromatic rings. The quantitative estimate of drug-likeness (QED) is 0.249. The van der Waals surface area contributed by atoms with Crippen LogP contribution in [-0.2, 0) is 11.3 Å². The van der Waals surface area contributed by atoms with Gasteiger partial charge in [0, 0.05) is 11.0 Å². The molecule has 0 amide bonds. The lowest BCUT2D eigenvalue weighted by atomic mass is 10.00. The third kappa shape index (κ3) is 5.51. The normalized spacial score (nSPS) is 10.5. The number of carbonyl (C=O) groups excluding carboxylic acids is 1. The predicted molar refractivity (Wildman–Crippen MR) is 127 cm³/mol. The van der Waals surface area contributed by atoms with Crippen LogP contribution in [0.4, 0.5) is 0 Å². The molecule has 0 atom stereocenters. The summed E-state index contributed by atoms with van der Waals surface area (Å²) in [6, 6.07) is 26.9. The van der Waals surface area contributed by atoms with Crippen molar-refractivity contribution >= 4 is 17.7 Å². The monoisotopic (exact) mass is 458 g/mol. The summed E-state index contributed by atoms with van der Waals surface area (Å²) in [6.45, 7) is 0.183. The molecule has 0 aliphatic rings. The highest BCUT2D eigenvalue weighted by Gasteiger charge is 2.21. The van der Waals surface area contributed by atoms with Gasteiger partial charge in [-0.2, -0.15) is 9.97 Å². The molecule has 0 radical (unpaired) electrons. The van der Waals surface area contributed by atoms with E-state index < -0.39 is 5.97 Å². The van der Waals surface area contributed by atoms with Crippen LogP contribution in [0.2, 0.25) is 0 Å². The maximum Gasteiger partial charge on any atom is 0.340 e. The molecule has 0 saturated heterocycles. The molecule has 33 heavy (non-hydrogen) atoms. The van der Waals surface area contributed by atoms with E-state index in [0.29, 0.717) is 21.4 Å². The third-order valence-electron chi connectivity index (χ3n) is 4.79. The summed E-state index contributed by atoms with van der Waals surface area (Å²) < 4.78 is 16.2. The summed E-state index contributed by atoms with van der Waals surface area (Å²) in [4.78, 5) is 22.6. The molecule has 0 bridgehead atoms. The average molecular weight is 459 g/mol. The van der Waals surface area contributed by atoms with Crippen molar-refractivity contribution in [2.75, 3.05) is 14.2 Å². The third-order valence-corrected chi connectivity index (χ3v) is 5.77. The minimum Gasteiger partial charge on any atom is -0.481 e. The lowest BCUT2D eigenvalue weighted by Gasteiger charge is -2.15. The maximum absolute atomic E-state index is 13.4. The van der Waals surface area contributed by atoms with Gasteiger partial charge in [-0.25, -0.2) is 4.79 Å². The second-order valence-electron chi connectivity index (χ2n) is 6.94. The number of nitrogens with zero attached hydrogens (tertiary/aromatic N) is 2. The number of benzene rings is 3. The van der Waals surface area contributed by atoms with Crippen LogP contribution in [0, 0.1) is 0 Å². The molecular formula is C26H22N2O4S. The van der Waals surface area contributed by atoms with Gasteiger partial charge in [-0.05, 0) is 22.8 Å². The van der Waals surface area contributed by atoms with Crippen LogP contribution in [0.3, 0.4) is 0 Å². The minimum absolute atomic E-state index is 0.183. The van der Waals surface area contributed by atoms with Crippen LogP contribution in [0.1, 0.15) is 15.9 Å². The van der Waals surface area contributed by atoms with E-state index in [4.69, 9.17) is 14.2 Å². The lowest BCUT2D eigenvalue weighted by molar-refractivity contribution is 0.0469. The van der Waals surface area contributed by atoms with Crippen LogP contribution in [-0.4, -0.2) is 30.2 Å². The molecule has 166 valence electrons. The number of hydrogen-bond donors (Lipinski definition) is 0. The number of aromatic nitrogens is 2. The van der Waals surface area contributed by atoms with Crippen LogP contribution in [0.15, 0.2) is 94.9 Å². The first kappa shape index (κ1) is 22.4. The predicted octanol–water partition coefficient (Wildman–Crippen LogP) is 5.67. The Hall–Kier alpha value is -3.84. The van der Waals surface area contributed by atoms with Crippen molar-refractivity contribution in [2.45, 2.75) is 16.5 Å². The van der Waals surface area contributed by atoms with Crippen LogP contribution in [0.5, 0.6) is 11.9 Å². The van der Waals surface area contributed by atoms with E-state index in [0.717, 1.165) is 16.7 Å².